The summed E-state index contributed by atoms with van der Waals surface area (Å²) < 4.78 is 26.1. The second kappa shape index (κ2) is 26.4. The van der Waals surface area contributed by atoms with Gasteiger partial charge >= 0.3 is 17.1 Å². The molecule has 1 rings (SSSR count). The number of carbonyl (C=O) groups excluding carboxylic acids is 2. The normalized spacial score (nSPS) is 17.6. The average Bonchev–Trinajstić information content (AvgIpc) is 3.00. The number of nitrogens with one attached hydrogen (secondary N) is 2. The highest BCUT2D eigenvalue weighted by molar-refractivity contribution is 6.88. The molecule has 0 unspecified atom stereocenters. The molecule has 1 aliphatic rings. The van der Waals surface area contributed by atoms with E-state index in [9.17, 15) is 9.59 Å². The molecule has 2 amide bonds. The van der Waals surface area contributed by atoms with E-state index < -0.39 is 50.4 Å². The van der Waals surface area contributed by atoms with E-state index in [-0.39, 0.29) is 23.9 Å². The fourth-order valence-electron chi connectivity index (χ4n) is 8.78. The van der Waals surface area contributed by atoms with Crippen LogP contribution in [0.5, 0.6) is 0 Å². The van der Waals surface area contributed by atoms with Crippen LogP contribution in [-0.4, -0.2) is 74.3 Å². The molecule has 2 N–H and O–H groups in total. The molecule has 0 aromatic rings. The number of rotatable bonds is 32. The second-order valence-electron chi connectivity index (χ2n) is 21.2. The zero-order valence-electron chi connectivity index (χ0n) is 39.6. The maximum absolute atomic E-state index is 12.8. The molecular weight excluding hydrogens is 797 g/mol. The molecule has 56 heavy (non-hydrogen) atoms. The Balaban J connectivity index is 2.12. The summed E-state index contributed by atoms with van der Waals surface area (Å²) in [4.78, 5) is 25.7. The first-order valence-electron chi connectivity index (χ1n) is 23.2. The van der Waals surface area contributed by atoms with Crippen LogP contribution in [0.4, 0.5) is 0 Å². The van der Waals surface area contributed by atoms with Crippen LogP contribution in [0, 0.1) is 0 Å². The van der Waals surface area contributed by atoms with E-state index >= 15 is 0 Å². The smallest absolute Gasteiger partial charge is 0.311 e. The molecule has 0 heterocycles. The zero-order valence-corrected chi connectivity index (χ0v) is 45.6. The van der Waals surface area contributed by atoms with Gasteiger partial charge in [-0.05, 0) is 129 Å². The summed E-state index contributed by atoms with van der Waals surface area (Å²) in [6.07, 6.45) is 24.7. The second-order valence-corrected chi connectivity index (χ2v) is 46.6. The summed E-state index contributed by atoms with van der Waals surface area (Å²) in [5, 5.41) is 6.59. The minimum atomic E-state index is -2.05. The highest BCUT2D eigenvalue weighted by atomic mass is 28.5. The molecule has 0 spiro atoms. The van der Waals surface area contributed by atoms with E-state index in [0.717, 1.165) is 51.4 Å². The van der Waals surface area contributed by atoms with E-state index in [1.165, 1.54) is 89.1 Å². The van der Waals surface area contributed by atoms with Gasteiger partial charge in [-0.15, -0.1) is 0 Å². The van der Waals surface area contributed by atoms with Gasteiger partial charge in [0.05, 0.1) is 0 Å². The van der Waals surface area contributed by atoms with Gasteiger partial charge in [0.1, 0.15) is 0 Å². The Bertz CT molecular complexity index is 1010. The van der Waals surface area contributed by atoms with Crippen LogP contribution in [0.25, 0.3) is 0 Å². The molecule has 1 saturated carbocycles. The Morgan fingerprint density at radius 3 is 0.964 bits per heavy atom. The Kier molecular flexibility index (Phi) is 25.5. The summed E-state index contributed by atoms with van der Waals surface area (Å²) >= 11 is 0. The van der Waals surface area contributed by atoms with Gasteiger partial charge in [-0.2, -0.15) is 0 Å². The van der Waals surface area contributed by atoms with Gasteiger partial charge in [-0.1, -0.05) is 103 Å². The number of hydrogen-bond acceptors (Lipinski definition) is 6. The standard InChI is InChI=1S/C42H94N2O6Si6/c1-51(2,3)47-55(11,12)49-53(7,8)37-31-25-21-17-15-19-23-27-35-41(45)43-39-33-29-30-34-40(39)44-42(46)36-28-24-20-16-18-22-26-32-38-54(9,10)50-56(13,14)48-52(4,5)6/h39-40H,15-38H2,1-14H3,(H,43,45)(H,44,46)/t39-,40-/m1/s1. The van der Waals surface area contributed by atoms with Crippen molar-refractivity contribution in [3.05, 3.63) is 0 Å². The molecule has 8 nitrogen and oxygen atoms in total. The molecular formula is C42H94N2O6Si6. The van der Waals surface area contributed by atoms with Crippen LogP contribution in [-0.2, 0) is 26.0 Å². The Morgan fingerprint density at radius 1 is 0.411 bits per heavy atom. The number of unbranched alkanes of at least 4 members (excludes halogenated alkanes) is 14. The lowest BCUT2D eigenvalue weighted by Crippen LogP contribution is -2.53. The monoisotopic (exact) mass is 891 g/mol. The maximum atomic E-state index is 12.8. The third-order valence-corrected chi connectivity index (χ3v) is 30.8. The van der Waals surface area contributed by atoms with Gasteiger partial charge in [-0.3, -0.25) is 9.59 Å². The molecule has 1 fully saturated rings. The van der Waals surface area contributed by atoms with Crippen molar-refractivity contribution in [3.63, 3.8) is 0 Å². The molecule has 1 aliphatic carbocycles. The van der Waals surface area contributed by atoms with E-state index in [2.05, 4.69) is 102 Å². The van der Waals surface area contributed by atoms with Crippen LogP contribution in [0.2, 0.25) is 104 Å². The average molecular weight is 892 g/mol. The van der Waals surface area contributed by atoms with Crippen molar-refractivity contribution in [2.75, 3.05) is 0 Å². The van der Waals surface area contributed by atoms with Gasteiger partial charge in [0.25, 0.3) is 0 Å². The summed E-state index contributed by atoms with van der Waals surface area (Å²) in [6.45, 7) is 31.8. The van der Waals surface area contributed by atoms with Gasteiger partial charge < -0.3 is 27.1 Å². The molecule has 0 aliphatic heterocycles. The predicted octanol–water partition coefficient (Wildman–Crippen LogP) is 13.1. The van der Waals surface area contributed by atoms with Gasteiger partial charge in [0.2, 0.25) is 11.8 Å². The molecule has 0 radical (unpaired) electrons. The molecule has 0 aromatic heterocycles. The maximum Gasteiger partial charge on any atom is 0.311 e. The van der Waals surface area contributed by atoms with E-state index in [0.29, 0.717) is 12.8 Å². The highest BCUT2D eigenvalue weighted by Crippen LogP contribution is 2.27. The predicted molar refractivity (Wildman–Crippen MR) is 256 cm³/mol. The SMILES string of the molecule is C[Si](C)(C)O[Si](C)(C)O[Si](C)(C)CCCCCCCCCCC(=O)N[C@@H]1CCCC[C@H]1NC(=O)CCCCCCCCCC[Si](C)(C)O[Si](C)(C)O[Si](C)(C)C. The van der Waals surface area contributed by atoms with Crippen molar-refractivity contribution >= 4 is 62.2 Å². The number of hydrogen-bond donors (Lipinski definition) is 2. The minimum absolute atomic E-state index is 0.0757. The highest BCUT2D eigenvalue weighted by Gasteiger charge is 2.39. The summed E-state index contributed by atoms with van der Waals surface area (Å²) in [5.74, 6) is 0.312. The Hall–Kier alpha value is 0.0813. The molecule has 0 bridgehead atoms. The lowest BCUT2D eigenvalue weighted by molar-refractivity contribution is -0.125. The minimum Gasteiger partial charge on any atom is -0.437 e. The number of carbonyl (C=O) groups is 2. The summed E-state index contributed by atoms with van der Waals surface area (Å²) in [6, 6.07) is 2.58. The van der Waals surface area contributed by atoms with Crippen LogP contribution in [0.15, 0.2) is 0 Å². The lowest BCUT2D eigenvalue weighted by atomic mass is 9.90. The molecule has 14 heteroatoms. The van der Waals surface area contributed by atoms with E-state index in [1.807, 2.05) is 0 Å². The van der Waals surface area contributed by atoms with Gasteiger partial charge in [0, 0.05) is 24.9 Å². The zero-order chi connectivity index (χ0) is 42.5. The van der Waals surface area contributed by atoms with Crippen LogP contribution in [0.3, 0.4) is 0 Å². The van der Waals surface area contributed by atoms with E-state index in [1.54, 1.807) is 0 Å². The summed E-state index contributed by atoms with van der Waals surface area (Å²) in [5.41, 5.74) is 0. The van der Waals surface area contributed by atoms with Crippen molar-refractivity contribution in [2.45, 2.75) is 257 Å². The van der Waals surface area contributed by atoms with Crippen molar-refractivity contribution in [1.29, 1.82) is 0 Å². The first-order valence-corrected chi connectivity index (χ1v) is 41.9. The Labute approximate surface area is 354 Å². The first kappa shape index (κ1) is 54.1. The fraction of sp³-hybridized carbons (Fsp3) is 0.952. The third kappa shape index (κ3) is 30.2. The third-order valence-electron chi connectivity index (χ3n) is 10.5. The number of amides is 2. The first-order chi connectivity index (χ1) is 25.8. The Morgan fingerprint density at radius 2 is 0.679 bits per heavy atom. The molecule has 0 aromatic carbocycles. The summed E-state index contributed by atoms with van der Waals surface area (Å²) in [7, 11) is -10.6. The van der Waals surface area contributed by atoms with Crippen molar-refractivity contribution < 1.29 is 26.0 Å². The fourth-order valence-corrected chi connectivity index (χ4v) is 35.3. The molecule has 0 saturated heterocycles. The van der Waals surface area contributed by atoms with Crippen molar-refractivity contribution in [3.8, 4) is 0 Å². The van der Waals surface area contributed by atoms with Gasteiger partial charge in [0.15, 0.2) is 33.3 Å². The lowest BCUT2D eigenvalue weighted by Gasteiger charge is -2.37. The van der Waals surface area contributed by atoms with E-state index in [4.69, 9.17) is 16.5 Å². The molecule has 2 atom stereocenters. The van der Waals surface area contributed by atoms with Gasteiger partial charge in [-0.25, -0.2) is 0 Å². The van der Waals surface area contributed by atoms with Crippen LogP contribution >= 0.6 is 0 Å². The molecule has 332 valence electrons. The van der Waals surface area contributed by atoms with Crippen molar-refractivity contribution in [1.82, 2.24) is 10.6 Å². The van der Waals surface area contributed by atoms with Crippen molar-refractivity contribution in [2.24, 2.45) is 0 Å². The van der Waals surface area contributed by atoms with Crippen LogP contribution in [0.1, 0.15) is 141 Å². The topological polar surface area (TPSA) is 95.1 Å². The van der Waals surface area contributed by atoms with Crippen LogP contribution < -0.4 is 10.6 Å². The quantitative estimate of drug-likeness (QED) is 0.0516. The largest absolute Gasteiger partial charge is 0.437 e.